The number of nitrogens with zero attached hydrogens (tertiary/aromatic N) is 2. The standard InChI is InChI=1S/C21H24N4O/c1-2-6-17-18-20(25-24-17)26-19(23)16(13-22)21(18)11-9-15(10-12-21)14-7-4-3-5-8-14/h3-5,7-8,15H,2,6,9-12,23H2,1H3,(H,24,25). The van der Waals surface area contributed by atoms with Gasteiger partial charge in [-0.3, -0.25) is 5.10 Å². The Balaban J connectivity index is 1.73. The Kier molecular flexibility index (Phi) is 4.20. The maximum absolute atomic E-state index is 9.85. The lowest BCUT2D eigenvalue weighted by Gasteiger charge is -2.42. The minimum atomic E-state index is -0.366. The zero-order valence-electron chi connectivity index (χ0n) is 15.1. The van der Waals surface area contributed by atoms with Crippen molar-refractivity contribution in [3.63, 3.8) is 0 Å². The SMILES string of the molecule is CCCc1[nH]nc2c1C1(CCC(c3ccccc3)CC1)C(C#N)=C(N)O2. The number of aryl methyl sites for hydroxylation is 1. The third-order valence-electron chi connectivity index (χ3n) is 5.94. The number of hydrogen-bond donors (Lipinski definition) is 2. The Bertz CT molecular complexity index is 867. The topological polar surface area (TPSA) is 87.7 Å². The van der Waals surface area contributed by atoms with Crippen LogP contribution in [-0.4, -0.2) is 10.2 Å². The number of allylic oxidation sites excluding steroid dienone is 1. The van der Waals surface area contributed by atoms with Crippen LogP contribution in [0.5, 0.6) is 5.88 Å². The fourth-order valence-corrected chi connectivity index (χ4v) is 4.70. The molecule has 1 aliphatic heterocycles. The molecule has 134 valence electrons. The third-order valence-corrected chi connectivity index (χ3v) is 5.94. The summed E-state index contributed by atoms with van der Waals surface area (Å²) in [6, 6.07) is 13.0. The highest BCUT2D eigenvalue weighted by Crippen LogP contribution is 2.54. The summed E-state index contributed by atoms with van der Waals surface area (Å²) in [6.07, 6.45) is 5.75. The van der Waals surface area contributed by atoms with Gasteiger partial charge in [-0.1, -0.05) is 43.7 Å². The van der Waals surface area contributed by atoms with E-state index in [0.29, 0.717) is 17.4 Å². The van der Waals surface area contributed by atoms with Gasteiger partial charge in [0.2, 0.25) is 11.8 Å². The largest absolute Gasteiger partial charge is 0.420 e. The van der Waals surface area contributed by atoms with E-state index < -0.39 is 0 Å². The van der Waals surface area contributed by atoms with Gasteiger partial charge in [0.15, 0.2) is 0 Å². The van der Waals surface area contributed by atoms with Gasteiger partial charge in [0, 0.05) is 16.7 Å². The number of aromatic amines is 1. The molecule has 2 heterocycles. The van der Waals surface area contributed by atoms with Gasteiger partial charge in [-0.15, -0.1) is 5.10 Å². The van der Waals surface area contributed by atoms with Gasteiger partial charge < -0.3 is 10.5 Å². The highest BCUT2D eigenvalue weighted by Gasteiger charge is 2.49. The first-order valence-corrected chi connectivity index (χ1v) is 9.40. The summed E-state index contributed by atoms with van der Waals surface area (Å²) in [5.74, 6) is 1.30. The lowest BCUT2D eigenvalue weighted by molar-refractivity contribution is 0.268. The number of nitrogens with one attached hydrogen (secondary N) is 1. The van der Waals surface area contributed by atoms with Crippen molar-refractivity contribution in [2.75, 3.05) is 0 Å². The first-order chi connectivity index (χ1) is 12.7. The van der Waals surface area contributed by atoms with E-state index in [0.717, 1.165) is 49.8 Å². The van der Waals surface area contributed by atoms with Gasteiger partial charge in [0.25, 0.3) is 0 Å². The fraction of sp³-hybridized carbons (Fsp3) is 0.429. The monoisotopic (exact) mass is 348 g/mol. The smallest absolute Gasteiger partial charge is 0.244 e. The van der Waals surface area contributed by atoms with Crippen molar-refractivity contribution in [2.45, 2.75) is 56.8 Å². The Morgan fingerprint density at radius 3 is 2.69 bits per heavy atom. The van der Waals surface area contributed by atoms with Crippen LogP contribution in [0.2, 0.25) is 0 Å². The number of nitrogens with two attached hydrogens (primary N) is 1. The number of aromatic nitrogens is 2. The predicted octanol–water partition coefficient (Wildman–Crippen LogP) is 4.04. The number of benzene rings is 1. The Morgan fingerprint density at radius 2 is 2.04 bits per heavy atom. The quantitative estimate of drug-likeness (QED) is 0.876. The van der Waals surface area contributed by atoms with Crippen LogP contribution < -0.4 is 10.5 Å². The highest BCUT2D eigenvalue weighted by atomic mass is 16.5. The molecule has 0 unspecified atom stereocenters. The van der Waals surface area contributed by atoms with Crippen LogP contribution in [0.15, 0.2) is 41.8 Å². The average Bonchev–Trinajstić information content (AvgIpc) is 3.07. The Hall–Kier alpha value is -2.74. The molecule has 2 aromatic rings. The van der Waals surface area contributed by atoms with Gasteiger partial charge in [0.1, 0.15) is 11.6 Å². The van der Waals surface area contributed by atoms with E-state index in [1.165, 1.54) is 5.56 Å². The van der Waals surface area contributed by atoms with Crippen LogP contribution in [0, 0.1) is 11.3 Å². The van der Waals surface area contributed by atoms with Crippen molar-refractivity contribution in [3.05, 3.63) is 58.6 Å². The minimum Gasteiger partial charge on any atom is -0.420 e. The number of rotatable bonds is 3. The molecule has 0 bridgehead atoms. The van der Waals surface area contributed by atoms with Crippen LogP contribution in [-0.2, 0) is 11.8 Å². The second kappa shape index (κ2) is 6.53. The van der Waals surface area contributed by atoms with E-state index in [-0.39, 0.29) is 11.3 Å². The van der Waals surface area contributed by atoms with E-state index in [9.17, 15) is 5.26 Å². The summed E-state index contributed by atoms with van der Waals surface area (Å²) in [4.78, 5) is 0. The Morgan fingerprint density at radius 1 is 1.31 bits per heavy atom. The molecule has 3 N–H and O–H groups in total. The van der Waals surface area contributed by atoms with Gasteiger partial charge in [0.05, 0.1) is 0 Å². The van der Waals surface area contributed by atoms with Crippen molar-refractivity contribution in [1.29, 1.82) is 5.26 Å². The zero-order chi connectivity index (χ0) is 18.1. The summed E-state index contributed by atoms with van der Waals surface area (Å²) in [5.41, 5.74) is 9.86. The normalized spacial score (nSPS) is 24.8. The first kappa shape index (κ1) is 16.7. The molecule has 0 saturated heterocycles. The van der Waals surface area contributed by atoms with Crippen LogP contribution in [0.1, 0.15) is 61.8 Å². The number of fused-ring (bicyclic) bond motifs is 2. The molecule has 1 saturated carbocycles. The van der Waals surface area contributed by atoms with Crippen LogP contribution >= 0.6 is 0 Å². The summed E-state index contributed by atoms with van der Waals surface area (Å²) in [7, 11) is 0. The zero-order valence-corrected chi connectivity index (χ0v) is 15.1. The van der Waals surface area contributed by atoms with E-state index in [2.05, 4.69) is 53.5 Å². The van der Waals surface area contributed by atoms with Gasteiger partial charge in [-0.2, -0.15) is 5.26 Å². The first-order valence-electron chi connectivity index (χ1n) is 9.40. The van der Waals surface area contributed by atoms with Crippen LogP contribution in [0.4, 0.5) is 0 Å². The van der Waals surface area contributed by atoms with E-state index in [1.807, 2.05) is 0 Å². The maximum atomic E-state index is 9.85. The van der Waals surface area contributed by atoms with E-state index >= 15 is 0 Å². The summed E-state index contributed by atoms with van der Waals surface area (Å²) in [5, 5.41) is 17.3. The summed E-state index contributed by atoms with van der Waals surface area (Å²) in [6.45, 7) is 2.14. The van der Waals surface area contributed by atoms with Crippen LogP contribution in [0.25, 0.3) is 0 Å². The molecule has 5 nitrogen and oxygen atoms in total. The molecule has 26 heavy (non-hydrogen) atoms. The maximum Gasteiger partial charge on any atom is 0.244 e. The number of H-pyrrole nitrogens is 1. The summed E-state index contributed by atoms with van der Waals surface area (Å²) >= 11 is 0. The minimum absolute atomic E-state index is 0.215. The second-order valence-corrected chi connectivity index (χ2v) is 7.35. The van der Waals surface area contributed by atoms with Crippen molar-refractivity contribution < 1.29 is 4.74 Å². The lowest BCUT2D eigenvalue weighted by Crippen LogP contribution is -2.39. The molecule has 1 spiro atoms. The van der Waals surface area contributed by atoms with Crippen LogP contribution in [0.3, 0.4) is 0 Å². The van der Waals surface area contributed by atoms with Gasteiger partial charge in [-0.25, -0.2) is 0 Å². The van der Waals surface area contributed by atoms with Crippen molar-refractivity contribution in [2.24, 2.45) is 5.73 Å². The van der Waals surface area contributed by atoms with Gasteiger partial charge >= 0.3 is 0 Å². The molecular weight excluding hydrogens is 324 g/mol. The molecule has 4 rings (SSSR count). The lowest BCUT2D eigenvalue weighted by atomic mass is 9.61. The number of hydrogen-bond acceptors (Lipinski definition) is 4. The van der Waals surface area contributed by atoms with Crippen molar-refractivity contribution in [1.82, 2.24) is 10.2 Å². The summed E-state index contributed by atoms with van der Waals surface area (Å²) < 4.78 is 5.69. The molecule has 1 aliphatic carbocycles. The number of nitriles is 1. The van der Waals surface area contributed by atoms with E-state index in [4.69, 9.17) is 10.5 Å². The molecular formula is C21H24N4O. The second-order valence-electron chi connectivity index (χ2n) is 7.35. The molecule has 1 aromatic carbocycles. The highest BCUT2D eigenvalue weighted by molar-refractivity contribution is 5.54. The fourth-order valence-electron chi connectivity index (χ4n) is 4.70. The molecule has 0 radical (unpaired) electrons. The molecule has 0 amide bonds. The molecule has 5 heteroatoms. The molecule has 0 atom stereocenters. The third kappa shape index (κ3) is 2.48. The van der Waals surface area contributed by atoms with E-state index in [1.54, 1.807) is 0 Å². The molecule has 1 aromatic heterocycles. The average molecular weight is 348 g/mol. The number of ether oxygens (including phenoxy) is 1. The Labute approximate surface area is 153 Å². The van der Waals surface area contributed by atoms with Crippen molar-refractivity contribution in [3.8, 4) is 11.9 Å². The molecule has 1 fully saturated rings. The predicted molar refractivity (Wildman–Crippen MR) is 99.4 cm³/mol. The molecule has 2 aliphatic rings. The van der Waals surface area contributed by atoms with Gasteiger partial charge in [-0.05, 0) is 43.6 Å². The van der Waals surface area contributed by atoms with Crippen molar-refractivity contribution >= 4 is 0 Å².